The molecule has 0 spiro atoms. The summed E-state index contributed by atoms with van der Waals surface area (Å²) in [6.07, 6.45) is -0.702. The Morgan fingerprint density at radius 3 is 2.42 bits per heavy atom. The van der Waals surface area contributed by atoms with E-state index in [4.69, 9.17) is 14.6 Å². The first-order valence-electron chi connectivity index (χ1n) is 6.19. The van der Waals surface area contributed by atoms with Crippen LogP contribution < -0.4 is 9.47 Å². The van der Waals surface area contributed by atoms with E-state index in [0.717, 1.165) is 5.56 Å². The molecule has 5 nitrogen and oxygen atoms in total. The van der Waals surface area contributed by atoms with E-state index in [2.05, 4.69) is 0 Å². The maximum atomic E-state index is 10.4. The number of aliphatic hydroxyl groups excluding tert-OH is 2. The van der Waals surface area contributed by atoms with Gasteiger partial charge in [-0.25, -0.2) is 0 Å². The molecule has 0 unspecified atom stereocenters. The van der Waals surface area contributed by atoms with Gasteiger partial charge >= 0.3 is 0 Å². The minimum Gasteiger partial charge on any atom is -0.497 e. The normalized spacial score (nSPS) is 15.7. The highest BCUT2D eigenvalue weighted by Crippen LogP contribution is 2.30. The quantitative estimate of drug-likeness (QED) is 0.681. The molecule has 1 aromatic carbocycles. The van der Waals surface area contributed by atoms with Gasteiger partial charge in [-0.2, -0.15) is 0 Å². The van der Waals surface area contributed by atoms with Gasteiger partial charge < -0.3 is 24.8 Å². The third-order valence-electron chi connectivity index (χ3n) is 3.31. The lowest BCUT2D eigenvalue weighted by Gasteiger charge is -2.31. The van der Waals surface area contributed by atoms with E-state index in [1.807, 2.05) is 0 Å². The average Bonchev–Trinajstić information content (AvgIpc) is 2.38. The summed E-state index contributed by atoms with van der Waals surface area (Å²) in [7, 11) is 3.10. The smallest absolute Gasteiger partial charge is 0.122 e. The third-order valence-corrected chi connectivity index (χ3v) is 3.31. The van der Waals surface area contributed by atoms with Crippen LogP contribution in [0.1, 0.15) is 18.9 Å². The number of methoxy groups -OCH3 is 2. The van der Waals surface area contributed by atoms with Crippen LogP contribution in [0.3, 0.4) is 0 Å². The topological polar surface area (TPSA) is 79.2 Å². The van der Waals surface area contributed by atoms with Crippen molar-refractivity contribution in [1.82, 2.24) is 0 Å². The molecule has 2 atom stereocenters. The lowest BCUT2D eigenvalue weighted by atomic mass is 9.86. The third kappa shape index (κ3) is 3.83. The summed E-state index contributed by atoms with van der Waals surface area (Å²) in [5.41, 5.74) is -0.673. The van der Waals surface area contributed by atoms with Gasteiger partial charge in [0.15, 0.2) is 0 Å². The molecule has 0 amide bonds. The Hall–Kier alpha value is -1.30. The van der Waals surface area contributed by atoms with Crippen molar-refractivity contribution in [3.8, 4) is 11.5 Å². The van der Waals surface area contributed by atoms with E-state index in [0.29, 0.717) is 11.5 Å². The lowest BCUT2D eigenvalue weighted by molar-refractivity contribution is -0.0787. The molecular weight excluding hydrogens is 248 g/mol. The van der Waals surface area contributed by atoms with Gasteiger partial charge in [-0.3, -0.25) is 0 Å². The highest BCUT2D eigenvalue weighted by atomic mass is 16.5. The van der Waals surface area contributed by atoms with Gasteiger partial charge in [0.25, 0.3) is 0 Å². The van der Waals surface area contributed by atoms with Gasteiger partial charge in [0.1, 0.15) is 11.5 Å². The zero-order chi connectivity index (χ0) is 14.5. The summed E-state index contributed by atoms with van der Waals surface area (Å²) in [6, 6.07) is 5.26. The Morgan fingerprint density at radius 1 is 1.26 bits per heavy atom. The molecule has 1 aromatic rings. The van der Waals surface area contributed by atoms with Crippen LogP contribution in [0.5, 0.6) is 11.5 Å². The predicted molar refractivity (Wildman–Crippen MR) is 71.6 cm³/mol. The molecular formula is C14H22O5. The average molecular weight is 270 g/mol. The summed E-state index contributed by atoms with van der Waals surface area (Å²) >= 11 is 0. The molecule has 0 aliphatic carbocycles. The highest BCUT2D eigenvalue weighted by molar-refractivity contribution is 5.41. The van der Waals surface area contributed by atoms with Gasteiger partial charge in [0.05, 0.1) is 25.9 Å². The van der Waals surface area contributed by atoms with Crippen molar-refractivity contribution in [3.05, 3.63) is 23.8 Å². The van der Waals surface area contributed by atoms with Gasteiger partial charge in [0, 0.05) is 25.0 Å². The van der Waals surface area contributed by atoms with Crippen molar-refractivity contribution in [2.75, 3.05) is 20.8 Å². The zero-order valence-corrected chi connectivity index (χ0v) is 11.6. The molecule has 0 saturated heterocycles. The first-order valence-corrected chi connectivity index (χ1v) is 6.19. The molecule has 19 heavy (non-hydrogen) atoms. The van der Waals surface area contributed by atoms with Gasteiger partial charge in [-0.05, 0) is 25.1 Å². The standard InChI is InChI=1S/C14H22O5/c1-10(16)14(17,6-7-15)9-11-8-12(18-2)4-5-13(11)19-3/h4-5,8,10,15-17H,6-7,9H2,1-3H3/t10-,14+/m0/s1. The van der Waals surface area contributed by atoms with Gasteiger partial charge in [-0.15, -0.1) is 0 Å². The molecule has 0 bridgehead atoms. The number of benzene rings is 1. The molecule has 0 aromatic heterocycles. The minimum atomic E-state index is -1.39. The van der Waals surface area contributed by atoms with E-state index in [-0.39, 0.29) is 19.4 Å². The SMILES string of the molecule is COc1ccc(OC)c(C[C@](O)(CCO)[C@H](C)O)c1. The van der Waals surface area contributed by atoms with Crippen molar-refractivity contribution in [1.29, 1.82) is 0 Å². The number of hydrogen-bond acceptors (Lipinski definition) is 5. The number of hydrogen-bond donors (Lipinski definition) is 3. The van der Waals surface area contributed by atoms with Crippen LogP contribution in [0.25, 0.3) is 0 Å². The maximum absolute atomic E-state index is 10.4. The largest absolute Gasteiger partial charge is 0.497 e. The predicted octanol–water partition coefficient (Wildman–Crippen LogP) is 0.741. The second-order valence-corrected chi connectivity index (χ2v) is 4.61. The van der Waals surface area contributed by atoms with Gasteiger partial charge in [-0.1, -0.05) is 0 Å². The fourth-order valence-electron chi connectivity index (χ4n) is 1.99. The van der Waals surface area contributed by atoms with Crippen molar-refractivity contribution in [3.63, 3.8) is 0 Å². The molecule has 0 heterocycles. The highest BCUT2D eigenvalue weighted by Gasteiger charge is 2.33. The van der Waals surface area contributed by atoms with Crippen LogP contribution in [-0.2, 0) is 6.42 Å². The van der Waals surface area contributed by atoms with Crippen LogP contribution in [0.2, 0.25) is 0 Å². The number of ether oxygens (including phenoxy) is 2. The van der Waals surface area contributed by atoms with Crippen LogP contribution in [0.15, 0.2) is 18.2 Å². The maximum Gasteiger partial charge on any atom is 0.122 e. The number of aliphatic hydroxyl groups is 3. The molecule has 0 radical (unpaired) electrons. The Kier molecular flexibility index (Phi) is 5.60. The number of rotatable bonds is 7. The van der Waals surface area contributed by atoms with E-state index in [1.54, 1.807) is 32.4 Å². The Bertz CT molecular complexity index is 405. The van der Waals surface area contributed by atoms with Crippen LogP contribution >= 0.6 is 0 Å². The van der Waals surface area contributed by atoms with Crippen molar-refractivity contribution in [2.24, 2.45) is 0 Å². The monoisotopic (exact) mass is 270 g/mol. The summed E-state index contributed by atoms with van der Waals surface area (Å²) in [5.74, 6) is 1.26. The first kappa shape index (κ1) is 15.8. The second kappa shape index (κ2) is 6.75. The molecule has 0 aliphatic heterocycles. The second-order valence-electron chi connectivity index (χ2n) is 4.61. The fourth-order valence-corrected chi connectivity index (χ4v) is 1.99. The molecule has 3 N–H and O–H groups in total. The molecule has 0 fully saturated rings. The van der Waals surface area contributed by atoms with Crippen molar-refractivity contribution >= 4 is 0 Å². The lowest BCUT2D eigenvalue weighted by Crippen LogP contribution is -2.43. The summed E-state index contributed by atoms with van der Waals surface area (Å²) < 4.78 is 10.4. The van der Waals surface area contributed by atoms with E-state index < -0.39 is 11.7 Å². The van der Waals surface area contributed by atoms with Crippen LogP contribution in [0, 0.1) is 0 Å². The zero-order valence-electron chi connectivity index (χ0n) is 11.6. The minimum absolute atomic E-state index is 0.0883. The molecule has 0 saturated carbocycles. The summed E-state index contributed by atoms with van der Waals surface area (Å²) in [6.45, 7) is 1.30. The summed E-state index contributed by atoms with van der Waals surface area (Å²) in [4.78, 5) is 0. The van der Waals surface area contributed by atoms with Crippen molar-refractivity contribution in [2.45, 2.75) is 31.5 Å². The molecule has 1 rings (SSSR count). The molecule has 108 valence electrons. The molecule has 0 aliphatic rings. The first-order chi connectivity index (χ1) is 8.96. The summed E-state index contributed by atoms with van der Waals surface area (Å²) in [5, 5.41) is 29.2. The Balaban J connectivity index is 3.07. The molecule has 5 heteroatoms. The van der Waals surface area contributed by atoms with E-state index in [9.17, 15) is 10.2 Å². The van der Waals surface area contributed by atoms with Gasteiger partial charge in [0.2, 0.25) is 0 Å². The van der Waals surface area contributed by atoms with Crippen molar-refractivity contribution < 1.29 is 24.8 Å². The van der Waals surface area contributed by atoms with Crippen LogP contribution in [0.4, 0.5) is 0 Å². The van der Waals surface area contributed by atoms with E-state index >= 15 is 0 Å². The Morgan fingerprint density at radius 2 is 1.95 bits per heavy atom. The Labute approximate surface area is 113 Å². The van der Waals surface area contributed by atoms with Crippen LogP contribution in [-0.4, -0.2) is 47.9 Å². The van der Waals surface area contributed by atoms with E-state index in [1.165, 1.54) is 6.92 Å². The fraction of sp³-hybridized carbons (Fsp3) is 0.571.